The van der Waals surface area contributed by atoms with E-state index in [4.69, 9.17) is 9.47 Å². The summed E-state index contributed by atoms with van der Waals surface area (Å²) >= 11 is 0. The van der Waals surface area contributed by atoms with Crippen molar-refractivity contribution in [1.29, 1.82) is 0 Å². The Balaban J connectivity index is 2.60. The van der Waals surface area contributed by atoms with Gasteiger partial charge < -0.3 is 9.47 Å². The summed E-state index contributed by atoms with van der Waals surface area (Å²) in [7, 11) is 2.54. The Morgan fingerprint density at radius 3 is 1.95 bits per heavy atom. The lowest BCUT2D eigenvalue weighted by atomic mass is 10.0. The van der Waals surface area contributed by atoms with E-state index in [0.29, 0.717) is 0 Å². The average Bonchev–Trinajstić information content (AvgIpc) is 2.50. The second kappa shape index (κ2) is 5.40. The maximum absolute atomic E-state index is 5.75. The number of ether oxygens (including phenoxy) is 2. The van der Waals surface area contributed by atoms with E-state index in [1.165, 1.54) is 21.1 Å². The highest BCUT2D eigenvalue weighted by molar-refractivity contribution is 8.32. The van der Waals surface area contributed by atoms with Gasteiger partial charge in [0.25, 0.3) is 0 Å². The van der Waals surface area contributed by atoms with E-state index in [-0.39, 0.29) is 0 Å². The third-order valence-electron chi connectivity index (χ3n) is 3.95. The van der Waals surface area contributed by atoms with Crippen molar-refractivity contribution in [2.24, 2.45) is 0 Å². The largest absolute Gasteiger partial charge is 0.497 e. The molecular weight excluding hydrogens is 292 g/mol. The molecule has 0 spiro atoms. The smallest absolute Gasteiger partial charge is 0.134 e. The molecule has 0 aliphatic heterocycles. The minimum atomic E-state index is -0.917. The van der Waals surface area contributed by atoms with Crippen LogP contribution in [0.1, 0.15) is 0 Å². The SMILES string of the molecule is COc1ccc2c(OC)c3ccccc3c(S(C)(C)C)c2c1. The van der Waals surface area contributed by atoms with Crippen LogP contribution in [0.5, 0.6) is 11.5 Å². The lowest BCUT2D eigenvalue weighted by Crippen LogP contribution is -1.99. The summed E-state index contributed by atoms with van der Waals surface area (Å²) in [5.74, 6) is 1.83. The van der Waals surface area contributed by atoms with Crippen molar-refractivity contribution < 1.29 is 9.47 Å². The van der Waals surface area contributed by atoms with E-state index >= 15 is 0 Å². The molecule has 0 aromatic heterocycles. The lowest BCUT2D eigenvalue weighted by Gasteiger charge is -2.30. The molecule has 2 nitrogen and oxygen atoms in total. The van der Waals surface area contributed by atoms with Crippen molar-refractivity contribution >= 4 is 31.6 Å². The van der Waals surface area contributed by atoms with Gasteiger partial charge in [0, 0.05) is 21.1 Å². The molecule has 0 heterocycles. The number of methoxy groups -OCH3 is 2. The topological polar surface area (TPSA) is 18.5 Å². The number of benzene rings is 3. The molecular formula is C19H22O2S. The van der Waals surface area contributed by atoms with Crippen LogP contribution in [-0.2, 0) is 0 Å². The maximum Gasteiger partial charge on any atom is 0.134 e. The molecule has 0 amide bonds. The van der Waals surface area contributed by atoms with Crippen LogP contribution >= 0.6 is 10.0 Å². The lowest BCUT2D eigenvalue weighted by molar-refractivity contribution is 0.415. The van der Waals surface area contributed by atoms with Gasteiger partial charge in [-0.15, -0.1) is 0 Å². The molecule has 22 heavy (non-hydrogen) atoms. The number of hydrogen-bond donors (Lipinski definition) is 0. The van der Waals surface area contributed by atoms with Gasteiger partial charge in [0.1, 0.15) is 11.5 Å². The van der Waals surface area contributed by atoms with Gasteiger partial charge in [-0.3, -0.25) is 0 Å². The van der Waals surface area contributed by atoms with Gasteiger partial charge in [0.2, 0.25) is 0 Å². The highest BCUT2D eigenvalue weighted by Gasteiger charge is 2.20. The van der Waals surface area contributed by atoms with Crippen LogP contribution < -0.4 is 9.47 Å². The van der Waals surface area contributed by atoms with E-state index < -0.39 is 10.0 Å². The quantitative estimate of drug-likeness (QED) is 0.629. The molecule has 0 bridgehead atoms. The average molecular weight is 314 g/mol. The van der Waals surface area contributed by atoms with Crippen LogP contribution in [0.15, 0.2) is 47.4 Å². The Morgan fingerprint density at radius 1 is 0.727 bits per heavy atom. The Morgan fingerprint density at radius 2 is 1.36 bits per heavy atom. The number of fused-ring (bicyclic) bond motifs is 2. The van der Waals surface area contributed by atoms with Gasteiger partial charge >= 0.3 is 0 Å². The van der Waals surface area contributed by atoms with Crippen molar-refractivity contribution in [1.82, 2.24) is 0 Å². The molecule has 0 unspecified atom stereocenters. The van der Waals surface area contributed by atoms with Crippen LogP contribution in [0.3, 0.4) is 0 Å². The summed E-state index contributed by atoms with van der Waals surface area (Å²) in [5, 5.41) is 4.85. The van der Waals surface area contributed by atoms with Crippen molar-refractivity contribution in [3.63, 3.8) is 0 Å². The first-order valence-corrected chi connectivity index (χ1v) is 10.1. The van der Waals surface area contributed by atoms with Crippen LogP contribution in [0.25, 0.3) is 21.5 Å². The Kier molecular flexibility index (Phi) is 3.69. The van der Waals surface area contributed by atoms with Crippen LogP contribution in [0, 0.1) is 0 Å². The molecule has 0 aliphatic rings. The molecule has 3 aromatic carbocycles. The fourth-order valence-electron chi connectivity index (χ4n) is 3.09. The van der Waals surface area contributed by atoms with Crippen molar-refractivity contribution in [3.8, 4) is 11.5 Å². The van der Waals surface area contributed by atoms with Gasteiger partial charge in [-0.05, 0) is 42.4 Å². The first kappa shape index (κ1) is 15.0. The molecule has 3 aromatic rings. The van der Waals surface area contributed by atoms with Gasteiger partial charge in [-0.2, -0.15) is 0 Å². The molecule has 0 aliphatic carbocycles. The van der Waals surface area contributed by atoms with E-state index in [9.17, 15) is 0 Å². The Bertz CT molecular complexity index is 847. The molecule has 116 valence electrons. The third kappa shape index (κ3) is 2.30. The summed E-state index contributed by atoms with van der Waals surface area (Å²) in [4.78, 5) is 1.41. The summed E-state index contributed by atoms with van der Waals surface area (Å²) in [5.41, 5.74) is 0. The molecule has 0 atom stereocenters. The van der Waals surface area contributed by atoms with Crippen LogP contribution in [0.4, 0.5) is 0 Å². The molecule has 0 fully saturated rings. The Labute approximate surface area is 133 Å². The minimum absolute atomic E-state index is 0.884. The number of rotatable bonds is 3. The molecule has 3 rings (SSSR count). The molecule has 0 saturated heterocycles. The van der Waals surface area contributed by atoms with Crippen molar-refractivity contribution in [3.05, 3.63) is 42.5 Å². The maximum atomic E-state index is 5.75. The first-order valence-electron chi connectivity index (χ1n) is 7.22. The summed E-state index contributed by atoms with van der Waals surface area (Å²) < 4.78 is 11.2. The van der Waals surface area contributed by atoms with E-state index in [2.05, 4.69) is 55.2 Å². The van der Waals surface area contributed by atoms with Crippen molar-refractivity contribution in [2.45, 2.75) is 4.90 Å². The molecule has 0 radical (unpaired) electrons. The zero-order chi connectivity index (χ0) is 15.9. The van der Waals surface area contributed by atoms with Crippen LogP contribution in [-0.4, -0.2) is 33.0 Å². The Hall–Kier alpha value is -1.87. The number of hydrogen-bond acceptors (Lipinski definition) is 2. The fraction of sp³-hybridized carbons (Fsp3) is 0.263. The van der Waals surface area contributed by atoms with Crippen molar-refractivity contribution in [2.75, 3.05) is 33.0 Å². The minimum Gasteiger partial charge on any atom is -0.497 e. The highest BCUT2D eigenvalue weighted by Crippen LogP contribution is 2.54. The van der Waals surface area contributed by atoms with E-state index in [0.717, 1.165) is 16.9 Å². The summed E-state index contributed by atoms with van der Waals surface area (Å²) in [6.45, 7) is 0. The van der Waals surface area contributed by atoms with Gasteiger partial charge in [0.05, 0.1) is 14.2 Å². The second-order valence-electron chi connectivity index (χ2n) is 6.16. The zero-order valence-electron chi connectivity index (χ0n) is 13.8. The second-order valence-corrected chi connectivity index (χ2v) is 10.2. The standard InChI is InChI=1S/C19H22O2S/c1-20-13-10-11-15-17(12-13)19(22(3,4)5)16-9-7-6-8-14(16)18(15)21-2/h6-12H,1-5H3. The summed E-state index contributed by atoms with van der Waals surface area (Å²) in [6, 6.07) is 14.8. The zero-order valence-corrected chi connectivity index (χ0v) is 14.6. The molecule has 3 heteroatoms. The van der Waals surface area contributed by atoms with E-state index in [1.54, 1.807) is 14.2 Å². The summed E-state index contributed by atoms with van der Waals surface area (Å²) in [6.07, 6.45) is 7.00. The monoisotopic (exact) mass is 314 g/mol. The normalized spacial score (nSPS) is 12.6. The van der Waals surface area contributed by atoms with Gasteiger partial charge in [-0.25, -0.2) is 10.0 Å². The highest BCUT2D eigenvalue weighted by atomic mass is 32.3. The van der Waals surface area contributed by atoms with E-state index in [1.807, 2.05) is 6.07 Å². The molecule has 0 saturated carbocycles. The van der Waals surface area contributed by atoms with Gasteiger partial charge in [-0.1, -0.05) is 24.3 Å². The predicted octanol–water partition coefficient (Wildman–Crippen LogP) is 5.06. The fourth-order valence-corrected chi connectivity index (χ4v) is 4.75. The molecule has 0 N–H and O–H groups in total. The van der Waals surface area contributed by atoms with Crippen LogP contribution in [0.2, 0.25) is 0 Å². The predicted molar refractivity (Wildman–Crippen MR) is 98.2 cm³/mol. The first-order chi connectivity index (χ1) is 10.5. The van der Waals surface area contributed by atoms with Gasteiger partial charge in [0.15, 0.2) is 0 Å². The third-order valence-corrected chi connectivity index (χ3v) is 5.61.